The normalized spacial score (nSPS) is 14.2. The van der Waals surface area contributed by atoms with Crippen molar-refractivity contribution in [3.8, 4) is 0 Å². The number of carbonyl (C=O) groups excluding carboxylic acids is 3. The van der Waals surface area contributed by atoms with Crippen LogP contribution in [-0.4, -0.2) is 61.1 Å². The maximum absolute atomic E-state index is 12.6. The van der Waals surface area contributed by atoms with Crippen molar-refractivity contribution in [1.82, 2.24) is 5.32 Å². The van der Waals surface area contributed by atoms with E-state index in [0.29, 0.717) is 0 Å². The van der Waals surface area contributed by atoms with Crippen LogP contribution >= 0.6 is 0 Å². The number of ketones is 2. The predicted octanol–water partition coefficient (Wildman–Crippen LogP) is 1.86. The van der Waals surface area contributed by atoms with Crippen LogP contribution < -0.4 is 16.8 Å². The molecule has 0 aromatic heterocycles. The Labute approximate surface area is 181 Å². The van der Waals surface area contributed by atoms with Crippen LogP contribution in [-0.2, 0) is 19.1 Å². The number of Topliss-reactive ketones (excluding diaryl/α,β-unsaturated/α-hetero) is 2. The zero-order chi connectivity index (χ0) is 25.3. The van der Waals surface area contributed by atoms with Crippen molar-refractivity contribution in [2.45, 2.75) is 64.5 Å². The molecule has 0 rings (SSSR count). The molecule has 0 fully saturated rings. The molecule has 0 aromatic rings. The van der Waals surface area contributed by atoms with E-state index in [2.05, 4.69) is 15.0 Å². The van der Waals surface area contributed by atoms with Gasteiger partial charge in [-0.2, -0.15) is 26.3 Å². The van der Waals surface area contributed by atoms with Crippen LogP contribution in [0.25, 0.3) is 0 Å². The minimum atomic E-state index is -5.78. The third-order valence-corrected chi connectivity index (χ3v) is 4.29. The fourth-order valence-electron chi connectivity index (χ4n) is 2.68. The Morgan fingerprint density at radius 3 is 1.97 bits per heavy atom. The number of carbonyl (C=O) groups is 3. The van der Waals surface area contributed by atoms with Crippen LogP contribution in [0.15, 0.2) is 4.99 Å². The van der Waals surface area contributed by atoms with Crippen LogP contribution in [0.4, 0.5) is 26.3 Å². The lowest BCUT2D eigenvalue weighted by molar-refractivity contribution is -0.319. The molecule has 1 amide bonds. The van der Waals surface area contributed by atoms with Crippen LogP contribution in [0, 0.1) is 11.8 Å². The third-order valence-electron chi connectivity index (χ3n) is 4.29. The first kappa shape index (κ1) is 29.6. The number of aliphatic imine (C=N–C) groups is 1. The quantitative estimate of drug-likeness (QED) is 0.160. The summed E-state index contributed by atoms with van der Waals surface area (Å²) in [5.74, 6) is -3.69. The summed E-state index contributed by atoms with van der Waals surface area (Å²) in [6.45, 7) is 2.99. The molecule has 0 heterocycles. The maximum atomic E-state index is 12.6. The molecule has 0 radical (unpaired) electrons. The Balaban J connectivity index is 5.45. The fourth-order valence-corrected chi connectivity index (χ4v) is 2.68. The Bertz CT molecular complexity index is 661. The molecule has 0 aromatic carbocycles. The van der Waals surface area contributed by atoms with E-state index in [0.717, 1.165) is 0 Å². The number of halogens is 6. The van der Waals surface area contributed by atoms with Gasteiger partial charge >= 0.3 is 12.4 Å². The van der Waals surface area contributed by atoms with Crippen molar-refractivity contribution >= 4 is 23.4 Å². The zero-order valence-corrected chi connectivity index (χ0v) is 17.8. The Morgan fingerprint density at radius 1 is 1.03 bits per heavy atom. The van der Waals surface area contributed by atoms with E-state index < -0.39 is 48.7 Å². The molecule has 5 N–H and O–H groups in total. The molecule has 8 nitrogen and oxygen atoms in total. The lowest BCUT2D eigenvalue weighted by Crippen LogP contribution is -2.49. The average Bonchev–Trinajstić information content (AvgIpc) is 2.59. The van der Waals surface area contributed by atoms with E-state index in [-0.39, 0.29) is 43.5 Å². The van der Waals surface area contributed by atoms with Gasteiger partial charge in [0.15, 0.2) is 11.7 Å². The number of hydrogen-bond acceptors (Lipinski definition) is 5. The van der Waals surface area contributed by atoms with Crippen molar-refractivity contribution in [2.24, 2.45) is 28.3 Å². The van der Waals surface area contributed by atoms with Gasteiger partial charge in [0, 0.05) is 18.9 Å². The summed E-state index contributed by atoms with van der Waals surface area (Å²) in [6, 6.07) is -1.47. The van der Waals surface area contributed by atoms with Gasteiger partial charge in [-0.15, -0.1) is 0 Å². The highest BCUT2D eigenvalue weighted by molar-refractivity contribution is 5.92. The average molecular weight is 478 g/mol. The SMILES string of the molecule is CC(=O)C[C@H](C(=O)N[C@@H](CCCN=C(N)N)C(=O)COC(C(F)(F)F)C(F)(F)F)C(C)C. The minimum absolute atomic E-state index is 0.00236. The molecule has 2 atom stereocenters. The largest absolute Gasteiger partial charge is 0.423 e. The van der Waals surface area contributed by atoms with Crippen molar-refractivity contribution in [3.05, 3.63) is 0 Å². The highest BCUT2D eigenvalue weighted by Gasteiger charge is 2.58. The molecule has 0 aliphatic rings. The van der Waals surface area contributed by atoms with Gasteiger partial charge in [-0.05, 0) is 25.7 Å². The lowest BCUT2D eigenvalue weighted by Gasteiger charge is -2.26. The zero-order valence-electron chi connectivity index (χ0n) is 17.8. The Hall–Kier alpha value is -2.38. The van der Waals surface area contributed by atoms with Gasteiger partial charge in [0.1, 0.15) is 12.4 Å². The van der Waals surface area contributed by atoms with Gasteiger partial charge in [0.25, 0.3) is 0 Å². The molecule has 0 saturated carbocycles. The predicted molar refractivity (Wildman–Crippen MR) is 102 cm³/mol. The molecule has 0 saturated heterocycles. The van der Waals surface area contributed by atoms with Gasteiger partial charge in [-0.25, -0.2) is 0 Å². The molecule has 0 bridgehead atoms. The molecule has 32 heavy (non-hydrogen) atoms. The monoisotopic (exact) mass is 478 g/mol. The second kappa shape index (κ2) is 12.6. The number of rotatable bonds is 13. The number of guanidine groups is 1. The summed E-state index contributed by atoms with van der Waals surface area (Å²) < 4.78 is 79.6. The van der Waals surface area contributed by atoms with Crippen LogP contribution in [0.1, 0.15) is 40.0 Å². The first-order valence-electron chi connectivity index (χ1n) is 9.59. The summed E-state index contributed by atoms with van der Waals surface area (Å²) in [4.78, 5) is 40.0. The number of nitrogens with one attached hydrogen (secondary N) is 1. The van der Waals surface area contributed by atoms with E-state index >= 15 is 0 Å². The number of hydrogen-bond donors (Lipinski definition) is 3. The van der Waals surface area contributed by atoms with E-state index in [9.17, 15) is 40.7 Å². The third kappa shape index (κ3) is 11.3. The second-order valence-corrected chi connectivity index (χ2v) is 7.51. The summed E-state index contributed by atoms with van der Waals surface area (Å²) in [5.41, 5.74) is 10.3. The fraction of sp³-hybridized carbons (Fsp3) is 0.778. The smallest absolute Gasteiger partial charge is 0.370 e. The molecule has 14 heteroatoms. The van der Waals surface area contributed by atoms with Crippen LogP contribution in [0.5, 0.6) is 0 Å². The van der Waals surface area contributed by atoms with E-state index in [4.69, 9.17) is 11.5 Å². The van der Waals surface area contributed by atoms with Crippen molar-refractivity contribution in [3.63, 3.8) is 0 Å². The van der Waals surface area contributed by atoms with Gasteiger partial charge in [-0.1, -0.05) is 13.8 Å². The molecule has 0 aliphatic heterocycles. The highest BCUT2D eigenvalue weighted by atomic mass is 19.4. The van der Waals surface area contributed by atoms with E-state index in [1.807, 2.05) is 0 Å². The number of amides is 1. The first-order chi connectivity index (χ1) is 14.5. The Kier molecular flexibility index (Phi) is 11.7. The van der Waals surface area contributed by atoms with Crippen molar-refractivity contribution in [2.75, 3.05) is 13.2 Å². The Morgan fingerprint density at radius 2 is 1.56 bits per heavy atom. The van der Waals surface area contributed by atoms with Gasteiger partial charge in [0.2, 0.25) is 12.0 Å². The number of nitrogens with zero attached hydrogens (tertiary/aromatic N) is 1. The van der Waals surface area contributed by atoms with Crippen LogP contribution in [0.2, 0.25) is 0 Å². The molecule has 0 aliphatic carbocycles. The van der Waals surface area contributed by atoms with E-state index in [1.54, 1.807) is 13.8 Å². The topological polar surface area (TPSA) is 137 Å². The molecular formula is C18H28F6N4O4. The molecule has 0 spiro atoms. The van der Waals surface area contributed by atoms with Gasteiger partial charge in [-0.3, -0.25) is 14.6 Å². The lowest BCUT2D eigenvalue weighted by atomic mass is 9.89. The molecular weight excluding hydrogens is 450 g/mol. The van der Waals surface area contributed by atoms with Crippen molar-refractivity contribution in [1.29, 1.82) is 0 Å². The summed E-state index contributed by atoms with van der Waals surface area (Å²) in [7, 11) is 0. The number of ether oxygens (including phenoxy) is 1. The van der Waals surface area contributed by atoms with Crippen molar-refractivity contribution < 1.29 is 45.5 Å². The minimum Gasteiger partial charge on any atom is -0.370 e. The first-order valence-corrected chi connectivity index (χ1v) is 9.59. The van der Waals surface area contributed by atoms with Crippen LogP contribution in [0.3, 0.4) is 0 Å². The standard InChI is InChI=1S/C18H28F6N4O4/c1-9(2)11(7-10(3)29)14(31)28-12(5-4-6-27-16(25)26)13(30)8-32-15(17(19,20)21)18(22,23)24/h9,11-12,15H,4-8H2,1-3H3,(H,28,31)(H4,25,26,27)/t11-,12-/m0/s1. The van der Waals surface area contributed by atoms with Gasteiger partial charge in [0.05, 0.1) is 6.04 Å². The molecule has 0 unspecified atom stereocenters. The number of alkyl halides is 6. The number of nitrogens with two attached hydrogens (primary N) is 2. The van der Waals surface area contributed by atoms with Gasteiger partial charge < -0.3 is 26.3 Å². The summed E-state index contributed by atoms with van der Waals surface area (Å²) in [6.07, 6.45) is -16.0. The maximum Gasteiger partial charge on any atom is 0.423 e. The summed E-state index contributed by atoms with van der Waals surface area (Å²) >= 11 is 0. The molecule has 186 valence electrons. The summed E-state index contributed by atoms with van der Waals surface area (Å²) in [5, 5.41) is 2.30. The second-order valence-electron chi connectivity index (χ2n) is 7.51. The highest BCUT2D eigenvalue weighted by Crippen LogP contribution is 2.35. The van der Waals surface area contributed by atoms with E-state index in [1.165, 1.54) is 6.92 Å².